The van der Waals surface area contributed by atoms with Gasteiger partial charge in [-0.1, -0.05) is 37.3 Å². The number of imidazole rings is 1. The van der Waals surface area contributed by atoms with E-state index in [4.69, 9.17) is 4.74 Å². The Morgan fingerprint density at radius 1 is 1.24 bits per heavy atom. The highest BCUT2D eigenvalue weighted by Gasteiger charge is 2.24. The van der Waals surface area contributed by atoms with Crippen molar-refractivity contribution < 1.29 is 17.9 Å². The summed E-state index contributed by atoms with van der Waals surface area (Å²) in [5, 5.41) is 0. The summed E-state index contributed by atoms with van der Waals surface area (Å²) in [5.41, 5.74) is 1.89. The maximum Gasteiger partial charge on any atom is 0.339 e. The lowest BCUT2D eigenvalue weighted by Gasteiger charge is -2.16. The predicted molar refractivity (Wildman–Crippen MR) is 113 cm³/mol. The number of sulfonamides is 1. The molecule has 0 aliphatic carbocycles. The van der Waals surface area contributed by atoms with Crippen molar-refractivity contribution in [2.24, 2.45) is 0 Å². The number of H-pyrrole nitrogens is 1. The summed E-state index contributed by atoms with van der Waals surface area (Å²) in [4.78, 5) is 19.4. The van der Waals surface area contributed by atoms with E-state index in [2.05, 4.69) is 30.6 Å². The summed E-state index contributed by atoms with van der Waals surface area (Å²) in [6.07, 6.45) is 2.16. The highest BCUT2D eigenvalue weighted by molar-refractivity contribution is 9.10. The SMILES string of the molecule is CCC(NS(=O)(=O)c1ccc(Br)c(C(=O)OC)c1)c1ncc(-c2ccccc2)[nH]1. The van der Waals surface area contributed by atoms with Gasteiger partial charge in [0, 0.05) is 4.47 Å². The molecule has 2 aromatic carbocycles. The van der Waals surface area contributed by atoms with E-state index < -0.39 is 22.0 Å². The smallest absolute Gasteiger partial charge is 0.339 e. The van der Waals surface area contributed by atoms with Gasteiger partial charge >= 0.3 is 5.97 Å². The van der Waals surface area contributed by atoms with E-state index in [1.807, 2.05) is 37.3 Å². The van der Waals surface area contributed by atoms with Gasteiger partial charge in [0.2, 0.25) is 10.0 Å². The zero-order valence-electron chi connectivity index (χ0n) is 15.8. The van der Waals surface area contributed by atoms with Crippen LogP contribution in [0.3, 0.4) is 0 Å². The van der Waals surface area contributed by atoms with E-state index >= 15 is 0 Å². The molecule has 0 bridgehead atoms. The lowest BCUT2D eigenvalue weighted by molar-refractivity contribution is 0.0599. The third-order valence-corrected chi connectivity index (χ3v) is 6.53. The van der Waals surface area contributed by atoms with Gasteiger partial charge in [0.15, 0.2) is 0 Å². The monoisotopic (exact) mass is 477 g/mol. The van der Waals surface area contributed by atoms with Crippen molar-refractivity contribution in [1.82, 2.24) is 14.7 Å². The zero-order chi connectivity index (χ0) is 21.0. The van der Waals surface area contributed by atoms with Crippen LogP contribution >= 0.6 is 15.9 Å². The second kappa shape index (κ2) is 8.89. The van der Waals surface area contributed by atoms with Crippen LogP contribution < -0.4 is 4.72 Å². The van der Waals surface area contributed by atoms with Crippen LogP contribution in [0, 0.1) is 0 Å². The number of hydrogen-bond acceptors (Lipinski definition) is 5. The van der Waals surface area contributed by atoms with Gasteiger partial charge in [0.05, 0.1) is 35.5 Å². The minimum atomic E-state index is -3.89. The van der Waals surface area contributed by atoms with Crippen molar-refractivity contribution in [1.29, 1.82) is 0 Å². The fraction of sp³-hybridized carbons (Fsp3) is 0.200. The number of carbonyl (C=O) groups is 1. The van der Waals surface area contributed by atoms with Crippen molar-refractivity contribution in [3.63, 3.8) is 0 Å². The summed E-state index contributed by atoms with van der Waals surface area (Å²) >= 11 is 3.23. The van der Waals surface area contributed by atoms with E-state index in [0.717, 1.165) is 11.3 Å². The molecule has 9 heteroatoms. The minimum Gasteiger partial charge on any atom is -0.465 e. The van der Waals surface area contributed by atoms with Crippen molar-refractivity contribution in [3.05, 3.63) is 70.6 Å². The Hall–Kier alpha value is -2.49. The minimum absolute atomic E-state index is 0.0330. The molecule has 0 amide bonds. The number of ether oxygens (including phenoxy) is 1. The molecule has 152 valence electrons. The summed E-state index contributed by atoms with van der Waals surface area (Å²) in [5.74, 6) is -0.111. The quantitative estimate of drug-likeness (QED) is 0.499. The van der Waals surface area contributed by atoms with Crippen molar-refractivity contribution in [2.45, 2.75) is 24.3 Å². The molecule has 7 nitrogen and oxygen atoms in total. The van der Waals surface area contributed by atoms with Gasteiger partial charge in [-0.05, 0) is 46.1 Å². The number of hydrogen-bond donors (Lipinski definition) is 2. The Morgan fingerprint density at radius 3 is 2.62 bits per heavy atom. The van der Waals surface area contributed by atoms with Gasteiger partial charge in [-0.25, -0.2) is 22.9 Å². The topological polar surface area (TPSA) is 101 Å². The molecule has 2 N–H and O–H groups in total. The van der Waals surface area contributed by atoms with E-state index in [0.29, 0.717) is 16.7 Å². The number of aromatic amines is 1. The lowest BCUT2D eigenvalue weighted by atomic mass is 10.2. The molecular formula is C20H20BrN3O4S. The third-order valence-electron chi connectivity index (χ3n) is 4.37. The number of benzene rings is 2. The summed E-state index contributed by atoms with van der Waals surface area (Å²) in [7, 11) is -2.66. The Morgan fingerprint density at radius 2 is 1.97 bits per heavy atom. The van der Waals surface area contributed by atoms with Crippen LogP contribution in [0.5, 0.6) is 0 Å². The van der Waals surface area contributed by atoms with Gasteiger partial charge in [0.25, 0.3) is 0 Å². The number of aromatic nitrogens is 2. The molecule has 0 aliphatic rings. The highest BCUT2D eigenvalue weighted by Crippen LogP contribution is 2.25. The molecule has 1 unspecified atom stereocenters. The molecule has 1 aromatic heterocycles. The number of rotatable bonds is 7. The second-order valence-corrected chi connectivity index (χ2v) is 8.83. The van der Waals surface area contributed by atoms with E-state index in [1.165, 1.54) is 25.3 Å². The van der Waals surface area contributed by atoms with Crippen LogP contribution in [0.1, 0.15) is 35.6 Å². The van der Waals surface area contributed by atoms with Crippen LogP contribution in [-0.2, 0) is 14.8 Å². The van der Waals surface area contributed by atoms with Crippen molar-refractivity contribution >= 4 is 31.9 Å². The first kappa shape index (κ1) is 21.2. The van der Waals surface area contributed by atoms with Gasteiger partial charge < -0.3 is 9.72 Å². The molecular weight excluding hydrogens is 458 g/mol. The van der Waals surface area contributed by atoms with Crippen LogP contribution in [0.25, 0.3) is 11.3 Å². The highest BCUT2D eigenvalue weighted by atomic mass is 79.9. The van der Waals surface area contributed by atoms with Gasteiger partial charge in [-0.2, -0.15) is 0 Å². The average Bonchev–Trinajstić information content (AvgIpc) is 3.22. The first-order valence-electron chi connectivity index (χ1n) is 8.86. The van der Waals surface area contributed by atoms with Crippen molar-refractivity contribution in [2.75, 3.05) is 7.11 Å². The van der Waals surface area contributed by atoms with E-state index in [-0.39, 0.29) is 10.5 Å². The number of nitrogens with one attached hydrogen (secondary N) is 2. The van der Waals surface area contributed by atoms with Crippen LogP contribution in [0.15, 0.2) is 64.1 Å². The molecule has 3 rings (SSSR count). The summed E-state index contributed by atoms with van der Waals surface area (Å²) < 4.78 is 33.6. The normalized spacial score (nSPS) is 12.5. The number of nitrogens with zero attached hydrogens (tertiary/aromatic N) is 1. The maximum atomic E-state index is 12.9. The first-order valence-corrected chi connectivity index (χ1v) is 11.1. The van der Waals surface area contributed by atoms with Gasteiger partial charge in [-0.3, -0.25) is 0 Å². The van der Waals surface area contributed by atoms with Crippen LogP contribution in [-0.4, -0.2) is 31.5 Å². The third kappa shape index (κ3) is 4.75. The fourth-order valence-corrected chi connectivity index (χ4v) is 4.52. The Bertz CT molecular complexity index is 1110. The number of methoxy groups -OCH3 is 1. The van der Waals surface area contributed by atoms with E-state index in [9.17, 15) is 13.2 Å². The molecule has 0 spiro atoms. The predicted octanol–water partition coefficient (Wildman–Crippen LogP) is 4.06. The molecule has 3 aromatic rings. The summed E-state index contributed by atoms with van der Waals surface area (Å²) in [6.45, 7) is 1.86. The molecule has 1 atom stereocenters. The Labute approximate surface area is 177 Å². The molecule has 29 heavy (non-hydrogen) atoms. The summed E-state index contributed by atoms with van der Waals surface area (Å²) in [6, 6.07) is 13.3. The molecule has 0 radical (unpaired) electrons. The number of halogens is 1. The molecule has 0 saturated heterocycles. The first-order chi connectivity index (χ1) is 13.9. The zero-order valence-corrected chi connectivity index (χ0v) is 18.2. The molecule has 1 heterocycles. The fourth-order valence-electron chi connectivity index (χ4n) is 2.80. The van der Waals surface area contributed by atoms with Crippen LogP contribution in [0.4, 0.5) is 0 Å². The lowest BCUT2D eigenvalue weighted by Crippen LogP contribution is -2.29. The molecule has 0 saturated carbocycles. The average molecular weight is 478 g/mol. The van der Waals surface area contributed by atoms with Gasteiger partial charge in [0.1, 0.15) is 5.82 Å². The largest absolute Gasteiger partial charge is 0.465 e. The maximum absolute atomic E-state index is 12.9. The Balaban J connectivity index is 1.87. The molecule has 0 fully saturated rings. The second-order valence-electron chi connectivity index (χ2n) is 6.26. The Kier molecular flexibility index (Phi) is 6.51. The molecule has 0 aliphatic heterocycles. The standard InChI is InChI=1S/C20H20BrN3O4S/c1-3-17(19-22-12-18(23-19)13-7-5-4-6-8-13)24-29(26,27)14-9-10-16(21)15(11-14)20(25)28-2/h4-12,17,24H,3H2,1-2H3,(H,22,23). The van der Waals surface area contributed by atoms with Gasteiger partial charge in [-0.15, -0.1) is 0 Å². The van der Waals surface area contributed by atoms with E-state index in [1.54, 1.807) is 6.20 Å². The van der Waals surface area contributed by atoms with Crippen molar-refractivity contribution in [3.8, 4) is 11.3 Å². The number of carbonyl (C=O) groups excluding carboxylic acids is 1. The number of esters is 1. The van der Waals surface area contributed by atoms with Crippen LogP contribution in [0.2, 0.25) is 0 Å².